The maximum absolute atomic E-state index is 12.5. The van der Waals surface area contributed by atoms with Crippen molar-refractivity contribution >= 4 is 17.5 Å². The summed E-state index contributed by atoms with van der Waals surface area (Å²) in [5.41, 5.74) is -0.956. The minimum atomic E-state index is -0.877. The van der Waals surface area contributed by atoms with Gasteiger partial charge in [0, 0.05) is 45.5 Å². The number of likely N-dealkylation sites (N-methyl/N-ethyl adjacent to an activating group) is 1. The fourth-order valence-corrected chi connectivity index (χ4v) is 3.52. The first-order valence-electron chi connectivity index (χ1n) is 8.17. The van der Waals surface area contributed by atoms with Gasteiger partial charge in [-0.3, -0.25) is 14.5 Å². The summed E-state index contributed by atoms with van der Waals surface area (Å²) in [6.45, 7) is 5.24. The van der Waals surface area contributed by atoms with Gasteiger partial charge in [0.2, 0.25) is 0 Å². The predicted molar refractivity (Wildman–Crippen MR) is 91.5 cm³/mol. The van der Waals surface area contributed by atoms with Crippen molar-refractivity contribution in [2.75, 3.05) is 52.9 Å². The Morgan fingerprint density at radius 2 is 2.04 bits per heavy atom. The first kappa shape index (κ1) is 17.4. The van der Waals surface area contributed by atoms with Gasteiger partial charge in [-0.1, -0.05) is 11.6 Å². The van der Waals surface area contributed by atoms with E-state index in [0.29, 0.717) is 31.6 Å². The minimum absolute atomic E-state index is 0.00672. The van der Waals surface area contributed by atoms with Crippen LogP contribution in [0.1, 0.15) is 16.8 Å². The van der Waals surface area contributed by atoms with Crippen molar-refractivity contribution < 1.29 is 9.90 Å². The van der Waals surface area contributed by atoms with Crippen LogP contribution in [0, 0.1) is 0 Å². The molecule has 1 aromatic heterocycles. The van der Waals surface area contributed by atoms with Crippen LogP contribution in [0.25, 0.3) is 0 Å². The molecule has 0 spiro atoms. The highest BCUT2D eigenvalue weighted by atomic mass is 35.5. The molecule has 2 aliphatic rings. The van der Waals surface area contributed by atoms with Gasteiger partial charge in [0.1, 0.15) is 5.02 Å². The third-order valence-corrected chi connectivity index (χ3v) is 5.12. The Hall–Kier alpha value is -1.41. The van der Waals surface area contributed by atoms with Gasteiger partial charge in [0.05, 0.1) is 17.7 Å². The zero-order valence-corrected chi connectivity index (χ0v) is 14.6. The summed E-state index contributed by atoms with van der Waals surface area (Å²) < 4.78 is 0. The molecule has 1 atom stereocenters. The van der Waals surface area contributed by atoms with E-state index in [1.165, 1.54) is 12.3 Å². The Morgan fingerprint density at radius 1 is 1.33 bits per heavy atom. The van der Waals surface area contributed by atoms with E-state index in [9.17, 15) is 14.7 Å². The molecule has 2 aliphatic heterocycles. The molecular formula is C16H23ClN4O3. The number of piperazine rings is 1. The number of hydrogen-bond acceptors (Lipinski definition) is 5. The molecule has 24 heavy (non-hydrogen) atoms. The number of pyridine rings is 1. The summed E-state index contributed by atoms with van der Waals surface area (Å²) >= 11 is 5.79. The highest BCUT2D eigenvalue weighted by molar-refractivity contribution is 6.30. The van der Waals surface area contributed by atoms with Crippen LogP contribution in [0.5, 0.6) is 0 Å². The van der Waals surface area contributed by atoms with Gasteiger partial charge in [0.15, 0.2) is 0 Å². The average Bonchev–Trinajstić information content (AvgIpc) is 2.94. The van der Waals surface area contributed by atoms with Crippen LogP contribution in [0.3, 0.4) is 0 Å². The van der Waals surface area contributed by atoms with Gasteiger partial charge in [-0.15, -0.1) is 0 Å². The van der Waals surface area contributed by atoms with Gasteiger partial charge >= 0.3 is 0 Å². The number of β-amino-alcohol motifs (C(OH)–C–C–N with tert-alkyl or cyclic N) is 1. The first-order chi connectivity index (χ1) is 11.4. The van der Waals surface area contributed by atoms with E-state index < -0.39 is 11.2 Å². The average molecular weight is 355 g/mol. The van der Waals surface area contributed by atoms with Gasteiger partial charge < -0.3 is 19.9 Å². The summed E-state index contributed by atoms with van der Waals surface area (Å²) in [5, 5.41) is 10.8. The minimum Gasteiger partial charge on any atom is -0.387 e. The number of amides is 1. The molecule has 7 nitrogen and oxygen atoms in total. The largest absolute Gasteiger partial charge is 0.387 e. The lowest BCUT2D eigenvalue weighted by Gasteiger charge is -2.36. The summed E-state index contributed by atoms with van der Waals surface area (Å²) in [6, 6.07) is 1.38. The molecule has 1 amide bonds. The van der Waals surface area contributed by atoms with Crippen LogP contribution >= 0.6 is 11.6 Å². The van der Waals surface area contributed by atoms with Crippen LogP contribution in [-0.4, -0.2) is 89.2 Å². The number of likely N-dealkylation sites (tertiary alicyclic amines) is 1. The molecule has 132 valence electrons. The number of aliphatic hydroxyl groups is 1. The third-order valence-electron chi connectivity index (χ3n) is 4.84. The van der Waals surface area contributed by atoms with E-state index in [0.717, 1.165) is 26.2 Å². The van der Waals surface area contributed by atoms with E-state index in [2.05, 4.69) is 21.8 Å². The van der Waals surface area contributed by atoms with Crippen LogP contribution in [0.2, 0.25) is 5.02 Å². The normalized spacial score (nSPS) is 26.0. The maximum atomic E-state index is 12.5. The topological polar surface area (TPSA) is 79.9 Å². The Labute approximate surface area is 145 Å². The molecule has 8 heteroatoms. The number of nitrogens with zero attached hydrogens (tertiary/aromatic N) is 3. The number of carbonyl (C=O) groups excluding carboxylic acids is 1. The summed E-state index contributed by atoms with van der Waals surface area (Å²) in [5.74, 6) is -0.220. The fraction of sp³-hybridized carbons (Fsp3) is 0.625. The Balaban J connectivity index is 1.62. The molecule has 2 fully saturated rings. The smallest absolute Gasteiger partial charge is 0.266 e. The van der Waals surface area contributed by atoms with Crippen molar-refractivity contribution in [2.24, 2.45) is 0 Å². The van der Waals surface area contributed by atoms with Crippen molar-refractivity contribution in [1.29, 1.82) is 0 Å². The molecule has 0 unspecified atom stereocenters. The second-order valence-corrected chi connectivity index (χ2v) is 7.25. The maximum Gasteiger partial charge on any atom is 0.266 e. The summed E-state index contributed by atoms with van der Waals surface area (Å²) in [6.07, 6.45) is 1.93. The van der Waals surface area contributed by atoms with E-state index in [4.69, 9.17) is 11.6 Å². The molecule has 0 aliphatic carbocycles. The van der Waals surface area contributed by atoms with Crippen molar-refractivity contribution in [3.05, 3.63) is 33.2 Å². The monoisotopic (exact) mass is 354 g/mol. The van der Waals surface area contributed by atoms with Crippen LogP contribution < -0.4 is 5.56 Å². The lowest BCUT2D eigenvalue weighted by Crippen LogP contribution is -2.52. The Kier molecular flexibility index (Phi) is 4.96. The second-order valence-electron chi connectivity index (χ2n) is 6.85. The van der Waals surface area contributed by atoms with Crippen LogP contribution in [0.4, 0.5) is 0 Å². The van der Waals surface area contributed by atoms with Crippen molar-refractivity contribution in [3.63, 3.8) is 0 Å². The highest BCUT2D eigenvalue weighted by Crippen LogP contribution is 2.24. The van der Waals surface area contributed by atoms with Crippen LogP contribution in [0.15, 0.2) is 17.1 Å². The molecule has 2 N–H and O–H groups in total. The zero-order chi connectivity index (χ0) is 17.3. The number of aromatic amines is 1. The Bertz CT molecular complexity index is 672. The summed E-state index contributed by atoms with van der Waals surface area (Å²) in [4.78, 5) is 32.4. The van der Waals surface area contributed by atoms with Gasteiger partial charge in [0.25, 0.3) is 11.5 Å². The first-order valence-corrected chi connectivity index (χ1v) is 8.55. The number of carbonyl (C=O) groups is 1. The number of aromatic nitrogens is 1. The van der Waals surface area contributed by atoms with E-state index in [-0.39, 0.29) is 10.9 Å². The van der Waals surface area contributed by atoms with Gasteiger partial charge in [-0.05, 0) is 19.5 Å². The summed E-state index contributed by atoms with van der Waals surface area (Å²) in [7, 11) is 2.09. The van der Waals surface area contributed by atoms with Crippen molar-refractivity contribution in [2.45, 2.75) is 12.0 Å². The van der Waals surface area contributed by atoms with Crippen LogP contribution in [-0.2, 0) is 0 Å². The standard InChI is InChI=1S/C16H23ClN4O3/c1-19-4-6-20(7-5-19)10-16(24)2-3-21(11-16)15(23)12-8-13(17)14(22)18-9-12/h8-9,24H,2-7,10-11H2,1H3,(H,18,22)/t16-/m1/s1. The molecule has 0 saturated carbocycles. The lowest BCUT2D eigenvalue weighted by molar-refractivity contribution is 0.000521. The molecule has 3 rings (SSSR count). The second kappa shape index (κ2) is 6.84. The van der Waals surface area contributed by atoms with E-state index in [1.54, 1.807) is 4.90 Å². The van der Waals surface area contributed by atoms with Crippen molar-refractivity contribution in [3.8, 4) is 0 Å². The molecule has 0 bridgehead atoms. The number of halogens is 1. The predicted octanol–water partition coefficient (Wildman–Crippen LogP) is -0.147. The van der Waals surface area contributed by atoms with E-state index >= 15 is 0 Å². The molecular weight excluding hydrogens is 332 g/mol. The number of nitrogens with one attached hydrogen (secondary N) is 1. The molecule has 0 aromatic carbocycles. The molecule has 2 saturated heterocycles. The molecule has 3 heterocycles. The van der Waals surface area contributed by atoms with Gasteiger partial charge in [-0.25, -0.2) is 0 Å². The molecule has 0 radical (unpaired) electrons. The number of rotatable bonds is 3. The third kappa shape index (κ3) is 3.80. The Morgan fingerprint density at radius 3 is 2.71 bits per heavy atom. The lowest BCUT2D eigenvalue weighted by atomic mass is 10.0. The highest BCUT2D eigenvalue weighted by Gasteiger charge is 2.40. The number of H-pyrrole nitrogens is 1. The van der Waals surface area contributed by atoms with Gasteiger partial charge in [-0.2, -0.15) is 0 Å². The molecule has 1 aromatic rings. The quantitative estimate of drug-likeness (QED) is 0.789. The fourth-order valence-electron chi connectivity index (χ4n) is 3.34. The zero-order valence-electron chi connectivity index (χ0n) is 13.8. The number of hydrogen-bond donors (Lipinski definition) is 2. The van der Waals surface area contributed by atoms with E-state index in [1.807, 2.05) is 0 Å². The SMILES string of the molecule is CN1CCN(C[C@]2(O)CCN(C(=O)c3c[nH]c(=O)c(Cl)c3)C2)CC1. The van der Waals surface area contributed by atoms with Crippen molar-refractivity contribution in [1.82, 2.24) is 19.7 Å².